The van der Waals surface area contributed by atoms with E-state index in [0.29, 0.717) is 12.0 Å². The van der Waals surface area contributed by atoms with Crippen LogP contribution in [0.4, 0.5) is 0 Å². The summed E-state index contributed by atoms with van der Waals surface area (Å²) in [5.41, 5.74) is 2.71. The third-order valence-corrected chi connectivity index (χ3v) is 5.63. The highest BCUT2D eigenvalue weighted by molar-refractivity contribution is 5.79. The molecule has 1 N–H and O–H groups in total. The zero-order valence-corrected chi connectivity index (χ0v) is 16.6. The molecule has 2 unspecified atom stereocenters. The van der Waals surface area contributed by atoms with Crippen molar-refractivity contribution in [3.05, 3.63) is 35.4 Å². The molecule has 2 aliphatic rings. The Kier molecular flexibility index (Phi) is 6.92. The van der Waals surface area contributed by atoms with E-state index in [1.165, 1.54) is 37.1 Å². The van der Waals surface area contributed by atoms with Crippen LogP contribution in [0.25, 0.3) is 0 Å². The van der Waals surface area contributed by atoms with Crippen LogP contribution in [-0.2, 0) is 4.74 Å². The minimum Gasteiger partial charge on any atom is -0.381 e. The fourth-order valence-corrected chi connectivity index (χ4v) is 4.07. The van der Waals surface area contributed by atoms with Gasteiger partial charge in [0.15, 0.2) is 5.96 Å². The molecule has 26 heavy (non-hydrogen) atoms. The summed E-state index contributed by atoms with van der Waals surface area (Å²) in [6.07, 6.45) is 3.76. The summed E-state index contributed by atoms with van der Waals surface area (Å²) in [5.74, 6) is 1.60. The summed E-state index contributed by atoms with van der Waals surface area (Å²) in [7, 11) is 4.01. The maximum absolute atomic E-state index is 5.51. The first-order valence-corrected chi connectivity index (χ1v) is 9.97. The van der Waals surface area contributed by atoms with Crippen molar-refractivity contribution in [2.24, 2.45) is 10.9 Å². The minimum absolute atomic E-state index is 0.401. The lowest BCUT2D eigenvalue weighted by Gasteiger charge is -2.31. The van der Waals surface area contributed by atoms with Gasteiger partial charge in [-0.2, -0.15) is 0 Å². The minimum atomic E-state index is 0.401. The van der Waals surface area contributed by atoms with E-state index in [-0.39, 0.29) is 0 Å². The number of benzene rings is 1. The van der Waals surface area contributed by atoms with Crippen LogP contribution in [-0.4, -0.2) is 69.2 Å². The van der Waals surface area contributed by atoms with Gasteiger partial charge in [-0.15, -0.1) is 0 Å². The molecule has 144 valence electrons. The van der Waals surface area contributed by atoms with Crippen molar-refractivity contribution in [1.29, 1.82) is 0 Å². The van der Waals surface area contributed by atoms with Gasteiger partial charge in [0.25, 0.3) is 0 Å². The smallest absolute Gasteiger partial charge is 0.193 e. The summed E-state index contributed by atoms with van der Waals surface area (Å²) in [5, 5.41) is 3.63. The summed E-state index contributed by atoms with van der Waals surface area (Å²) >= 11 is 0. The van der Waals surface area contributed by atoms with Gasteiger partial charge in [0.2, 0.25) is 0 Å². The van der Waals surface area contributed by atoms with Crippen LogP contribution in [0.5, 0.6) is 0 Å². The number of rotatable bonds is 6. The summed E-state index contributed by atoms with van der Waals surface area (Å²) in [6, 6.07) is 9.40. The Labute approximate surface area is 158 Å². The van der Waals surface area contributed by atoms with Crippen LogP contribution < -0.4 is 5.32 Å². The topological polar surface area (TPSA) is 40.1 Å². The van der Waals surface area contributed by atoms with Crippen LogP contribution >= 0.6 is 0 Å². The molecule has 2 atom stereocenters. The fourth-order valence-electron chi connectivity index (χ4n) is 4.07. The van der Waals surface area contributed by atoms with Gasteiger partial charge in [0, 0.05) is 39.7 Å². The van der Waals surface area contributed by atoms with E-state index < -0.39 is 0 Å². The van der Waals surface area contributed by atoms with Gasteiger partial charge in [-0.25, -0.2) is 0 Å². The first-order chi connectivity index (χ1) is 12.7. The Morgan fingerprint density at radius 2 is 2.04 bits per heavy atom. The molecule has 0 amide bonds. The number of ether oxygens (including phenoxy) is 1. The van der Waals surface area contributed by atoms with Crippen molar-refractivity contribution in [2.45, 2.75) is 32.2 Å². The number of likely N-dealkylation sites (tertiary alicyclic amines) is 1. The maximum Gasteiger partial charge on any atom is 0.193 e. The van der Waals surface area contributed by atoms with Crippen LogP contribution in [0, 0.1) is 12.8 Å². The Morgan fingerprint density at radius 1 is 1.31 bits per heavy atom. The predicted molar refractivity (Wildman–Crippen MR) is 108 cm³/mol. The van der Waals surface area contributed by atoms with Gasteiger partial charge in [0.1, 0.15) is 0 Å². The molecule has 0 aromatic heterocycles. The second-order valence-corrected chi connectivity index (χ2v) is 7.71. The van der Waals surface area contributed by atoms with E-state index >= 15 is 0 Å². The number of guanidine groups is 1. The lowest BCUT2D eigenvalue weighted by Crippen LogP contribution is -2.45. The van der Waals surface area contributed by atoms with Gasteiger partial charge in [-0.3, -0.25) is 9.89 Å². The van der Waals surface area contributed by atoms with Crippen molar-refractivity contribution in [3.63, 3.8) is 0 Å². The van der Waals surface area contributed by atoms with Crippen molar-refractivity contribution >= 4 is 5.96 Å². The molecule has 0 aliphatic carbocycles. The number of nitrogens with one attached hydrogen (secondary N) is 1. The normalized spacial score (nSPS) is 22.6. The van der Waals surface area contributed by atoms with Crippen molar-refractivity contribution in [1.82, 2.24) is 15.1 Å². The van der Waals surface area contributed by atoms with Gasteiger partial charge < -0.3 is 15.0 Å². The van der Waals surface area contributed by atoms with Gasteiger partial charge >= 0.3 is 0 Å². The van der Waals surface area contributed by atoms with E-state index in [1.54, 1.807) is 0 Å². The highest BCUT2D eigenvalue weighted by Gasteiger charge is 2.24. The third-order valence-electron chi connectivity index (χ3n) is 5.63. The molecular formula is C21H34N4O. The van der Waals surface area contributed by atoms with Crippen molar-refractivity contribution in [3.8, 4) is 0 Å². The van der Waals surface area contributed by atoms with Crippen molar-refractivity contribution < 1.29 is 4.74 Å². The number of aliphatic imine (C=N–C) groups is 1. The number of nitrogens with zero attached hydrogens (tertiary/aromatic N) is 3. The molecule has 1 aromatic rings. The number of hydrogen-bond acceptors (Lipinski definition) is 3. The molecule has 3 rings (SSSR count). The first kappa shape index (κ1) is 19.2. The van der Waals surface area contributed by atoms with E-state index in [4.69, 9.17) is 4.74 Å². The lowest BCUT2D eigenvalue weighted by molar-refractivity contribution is 0.181. The monoisotopic (exact) mass is 358 g/mol. The summed E-state index contributed by atoms with van der Waals surface area (Å²) < 4.78 is 5.51. The number of aryl methyl sites for hydroxylation is 1. The average molecular weight is 359 g/mol. The third kappa shape index (κ3) is 4.98. The zero-order valence-electron chi connectivity index (χ0n) is 16.6. The average Bonchev–Trinajstić information content (AvgIpc) is 3.34. The Bertz CT molecular complexity index is 574. The highest BCUT2D eigenvalue weighted by Crippen LogP contribution is 2.25. The molecule has 2 fully saturated rings. The lowest BCUT2D eigenvalue weighted by atomic mass is 10.0. The summed E-state index contributed by atoms with van der Waals surface area (Å²) in [6.45, 7) is 8.19. The zero-order chi connectivity index (χ0) is 18.4. The molecule has 5 nitrogen and oxygen atoms in total. The quantitative estimate of drug-likeness (QED) is 0.627. The van der Waals surface area contributed by atoms with Gasteiger partial charge in [-0.1, -0.05) is 29.8 Å². The SMILES string of the molecule is CN=C(NCC(c1ccc(C)cc1)N1CCCC1)N(C)CC1CCOC1. The second-order valence-electron chi connectivity index (χ2n) is 7.71. The highest BCUT2D eigenvalue weighted by atomic mass is 16.5. The van der Waals surface area contributed by atoms with E-state index in [9.17, 15) is 0 Å². The standard InChI is InChI=1S/C21H34N4O/c1-17-6-8-19(9-7-17)20(25-11-4-5-12-25)14-23-21(22-2)24(3)15-18-10-13-26-16-18/h6-9,18,20H,4-5,10-16H2,1-3H3,(H,22,23). The Morgan fingerprint density at radius 3 is 2.65 bits per heavy atom. The Hall–Kier alpha value is -1.59. The molecule has 0 spiro atoms. The predicted octanol–water partition coefficient (Wildman–Crippen LogP) is 2.68. The van der Waals surface area contributed by atoms with E-state index in [1.807, 2.05) is 7.05 Å². The molecule has 1 aromatic carbocycles. The molecular weight excluding hydrogens is 324 g/mol. The molecule has 5 heteroatoms. The fraction of sp³-hybridized carbons (Fsp3) is 0.667. The van der Waals surface area contributed by atoms with E-state index in [2.05, 4.69) is 58.3 Å². The van der Waals surface area contributed by atoms with Crippen LogP contribution in [0.1, 0.15) is 36.4 Å². The van der Waals surface area contributed by atoms with Crippen molar-refractivity contribution in [2.75, 3.05) is 53.5 Å². The Balaban J connectivity index is 1.62. The second kappa shape index (κ2) is 9.38. The maximum atomic E-state index is 5.51. The number of hydrogen-bond donors (Lipinski definition) is 1. The largest absolute Gasteiger partial charge is 0.381 e. The van der Waals surface area contributed by atoms with E-state index in [0.717, 1.165) is 38.7 Å². The molecule has 0 radical (unpaired) electrons. The molecule has 2 saturated heterocycles. The van der Waals surface area contributed by atoms with Crippen LogP contribution in [0.3, 0.4) is 0 Å². The van der Waals surface area contributed by atoms with Crippen LogP contribution in [0.15, 0.2) is 29.3 Å². The van der Waals surface area contributed by atoms with Gasteiger partial charge in [0.05, 0.1) is 12.6 Å². The van der Waals surface area contributed by atoms with Gasteiger partial charge in [-0.05, 0) is 44.8 Å². The molecule has 2 heterocycles. The first-order valence-electron chi connectivity index (χ1n) is 9.97. The molecule has 0 bridgehead atoms. The molecule has 0 saturated carbocycles. The van der Waals surface area contributed by atoms with Crippen LogP contribution in [0.2, 0.25) is 0 Å². The molecule has 2 aliphatic heterocycles. The summed E-state index contributed by atoms with van der Waals surface area (Å²) in [4.78, 5) is 9.36.